The van der Waals surface area contributed by atoms with Crippen LogP contribution in [0.1, 0.15) is 5.56 Å². The molecule has 12 nitrogen and oxygen atoms in total. The third-order valence-corrected chi connectivity index (χ3v) is 9.91. The minimum Gasteiger partial charge on any atom is -0.493 e. The third-order valence-electron chi connectivity index (χ3n) is 8.02. The fraction of sp³-hybridized carbons (Fsp3) is 0.294. The monoisotopic (exact) mass is 695 g/mol. The molecule has 3 heterocycles. The van der Waals surface area contributed by atoms with Gasteiger partial charge in [0.2, 0.25) is 15.9 Å². The average Bonchev–Trinajstić information content (AvgIpc) is 3.56. The number of nitrogens with one attached hydrogen (secondary N) is 1. The van der Waals surface area contributed by atoms with Crippen LogP contribution in [0, 0.1) is 0 Å². The van der Waals surface area contributed by atoms with Gasteiger partial charge in [0.1, 0.15) is 5.69 Å². The van der Waals surface area contributed by atoms with Crippen LogP contribution in [0.5, 0.6) is 11.5 Å². The zero-order chi connectivity index (χ0) is 32.8. The van der Waals surface area contributed by atoms with Crippen molar-refractivity contribution in [1.29, 1.82) is 0 Å². The number of para-hydroxylation sites is 1. The van der Waals surface area contributed by atoms with Crippen molar-refractivity contribution < 1.29 is 32.2 Å². The number of rotatable bonds is 10. The maximum atomic E-state index is 13.5. The summed E-state index contributed by atoms with van der Waals surface area (Å²) in [5, 5.41) is 7.79. The number of aromatic nitrogens is 2. The molecule has 1 amide bonds. The Morgan fingerprint density at radius 1 is 0.875 bits per heavy atom. The molecule has 0 aliphatic carbocycles. The van der Waals surface area contributed by atoms with Crippen molar-refractivity contribution in [3.63, 3.8) is 0 Å². The summed E-state index contributed by atoms with van der Waals surface area (Å²) in [7, 11) is -0.636. The van der Waals surface area contributed by atoms with Gasteiger partial charge in [-0.2, -0.15) is 9.40 Å². The maximum Gasteiger partial charge on any atom is 0.248 e. The van der Waals surface area contributed by atoms with Crippen LogP contribution < -0.4 is 19.7 Å². The molecule has 3 aromatic carbocycles. The van der Waals surface area contributed by atoms with Gasteiger partial charge in [-0.1, -0.05) is 18.2 Å². The molecule has 6 rings (SSSR count). The number of carbonyl (C=O) groups is 1. The number of benzene rings is 3. The van der Waals surface area contributed by atoms with Crippen molar-refractivity contribution in [2.45, 2.75) is 4.90 Å². The second-order valence-corrected chi connectivity index (χ2v) is 12.8. The number of halogens is 1. The van der Waals surface area contributed by atoms with Crippen molar-refractivity contribution >= 4 is 45.8 Å². The first-order valence-corrected chi connectivity index (χ1v) is 16.7. The molecule has 0 saturated carbocycles. The molecule has 1 aromatic heterocycles. The van der Waals surface area contributed by atoms with Crippen LogP contribution in [0.15, 0.2) is 83.9 Å². The normalized spacial score (nSPS) is 15.6. The first kappa shape index (κ1) is 34.9. The summed E-state index contributed by atoms with van der Waals surface area (Å²) in [6.07, 6.45) is 4.96. The molecule has 2 saturated heterocycles. The van der Waals surface area contributed by atoms with Crippen LogP contribution in [0.3, 0.4) is 0 Å². The Labute approximate surface area is 286 Å². The number of carbonyl (C=O) groups excluding carboxylic acids is 1. The summed E-state index contributed by atoms with van der Waals surface area (Å²) in [5.74, 6) is 0.713. The van der Waals surface area contributed by atoms with Crippen molar-refractivity contribution in [2.75, 3.05) is 77.0 Å². The van der Waals surface area contributed by atoms with Crippen molar-refractivity contribution in [2.24, 2.45) is 0 Å². The Morgan fingerprint density at radius 2 is 1.56 bits per heavy atom. The van der Waals surface area contributed by atoms with Gasteiger partial charge in [0.15, 0.2) is 11.5 Å². The number of sulfonamides is 1. The molecule has 1 N–H and O–H groups in total. The smallest absolute Gasteiger partial charge is 0.248 e. The number of amides is 1. The van der Waals surface area contributed by atoms with Crippen LogP contribution in [0.2, 0.25) is 0 Å². The lowest BCUT2D eigenvalue weighted by Crippen LogP contribution is -2.40. The highest BCUT2D eigenvalue weighted by molar-refractivity contribution is 7.89. The molecule has 0 spiro atoms. The summed E-state index contributed by atoms with van der Waals surface area (Å²) in [5.41, 5.74) is 4.06. The van der Waals surface area contributed by atoms with Crippen LogP contribution in [0.4, 0.5) is 11.4 Å². The molecular formula is C34H38ClN5O7S. The molecular weight excluding hydrogens is 658 g/mol. The largest absolute Gasteiger partial charge is 0.493 e. The highest BCUT2D eigenvalue weighted by Crippen LogP contribution is 2.34. The van der Waals surface area contributed by atoms with E-state index < -0.39 is 15.9 Å². The van der Waals surface area contributed by atoms with Gasteiger partial charge in [-0.15, -0.1) is 12.4 Å². The number of hydrogen-bond acceptors (Lipinski definition) is 9. The predicted octanol–water partition coefficient (Wildman–Crippen LogP) is 4.49. The van der Waals surface area contributed by atoms with Gasteiger partial charge in [-0.3, -0.25) is 4.79 Å². The van der Waals surface area contributed by atoms with E-state index in [9.17, 15) is 13.2 Å². The van der Waals surface area contributed by atoms with Gasteiger partial charge in [-0.25, -0.2) is 13.1 Å². The summed E-state index contributed by atoms with van der Waals surface area (Å²) in [6.45, 7) is 3.52. The minimum absolute atomic E-state index is 0. The van der Waals surface area contributed by atoms with E-state index in [0.717, 1.165) is 16.9 Å². The highest BCUT2D eigenvalue weighted by Gasteiger charge is 2.28. The first-order valence-electron chi connectivity index (χ1n) is 15.3. The lowest BCUT2D eigenvalue weighted by Gasteiger charge is -2.31. The molecule has 14 heteroatoms. The standard InChI is InChI=1S/C34H37N5O7S.ClH/c1-43-31-12-8-25(22-32(31)44-2)34-26(24-39(36-34)27-6-4-3-5-7-27)9-13-33(40)35-29-23-28(47(41,42)38-16-20-46-21-17-38)10-11-30(29)37-14-18-45-19-15-37;/h3-13,22-24H,14-21H2,1-2H3,(H,35,40);1H/b13-9+;. The van der Waals surface area contributed by atoms with Crippen LogP contribution >= 0.6 is 12.4 Å². The molecule has 0 radical (unpaired) electrons. The predicted molar refractivity (Wildman–Crippen MR) is 186 cm³/mol. The van der Waals surface area contributed by atoms with Gasteiger partial charge in [-0.05, 0) is 54.6 Å². The molecule has 4 aromatic rings. The summed E-state index contributed by atoms with van der Waals surface area (Å²) < 4.78 is 51.9. The van der Waals surface area contributed by atoms with Gasteiger partial charge >= 0.3 is 0 Å². The summed E-state index contributed by atoms with van der Waals surface area (Å²) in [6, 6.07) is 20.1. The molecule has 0 atom stereocenters. The highest BCUT2D eigenvalue weighted by atomic mass is 35.5. The fourth-order valence-electron chi connectivity index (χ4n) is 5.56. The molecule has 2 aliphatic heterocycles. The molecule has 48 heavy (non-hydrogen) atoms. The van der Waals surface area contributed by atoms with E-state index in [0.29, 0.717) is 68.0 Å². The van der Waals surface area contributed by atoms with Gasteiger partial charge in [0, 0.05) is 49.6 Å². The number of morpholine rings is 2. The quantitative estimate of drug-likeness (QED) is 0.239. The first-order chi connectivity index (χ1) is 22.9. The lowest BCUT2D eigenvalue weighted by atomic mass is 10.1. The number of nitrogens with zero attached hydrogens (tertiary/aromatic N) is 4. The minimum atomic E-state index is -3.78. The molecule has 0 bridgehead atoms. The topological polar surface area (TPSA) is 124 Å². The maximum absolute atomic E-state index is 13.5. The van der Waals surface area contributed by atoms with E-state index in [1.54, 1.807) is 43.2 Å². The van der Waals surface area contributed by atoms with E-state index in [2.05, 4.69) is 10.2 Å². The van der Waals surface area contributed by atoms with Crippen LogP contribution in [0.25, 0.3) is 23.0 Å². The van der Waals surface area contributed by atoms with E-state index in [1.807, 2.05) is 48.7 Å². The number of methoxy groups -OCH3 is 2. The van der Waals surface area contributed by atoms with Crippen molar-refractivity contribution in [1.82, 2.24) is 14.1 Å². The summed E-state index contributed by atoms with van der Waals surface area (Å²) >= 11 is 0. The number of hydrogen-bond donors (Lipinski definition) is 1. The number of ether oxygens (including phenoxy) is 4. The Morgan fingerprint density at radius 3 is 2.25 bits per heavy atom. The van der Waals surface area contributed by atoms with Crippen molar-refractivity contribution in [3.05, 3.63) is 84.6 Å². The van der Waals surface area contributed by atoms with Gasteiger partial charge in [0.05, 0.1) is 62.6 Å². The van der Waals surface area contributed by atoms with Gasteiger partial charge in [0.25, 0.3) is 0 Å². The van der Waals surface area contributed by atoms with E-state index in [-0.39, 0.29) is 30.4 Å². The Balaban J connectivity index is 0.00000451. The van der Waals surface area contributed by atoms with Crippen LogP contribution in [-0.4, -0.2) is 95.2 Å². The Bertz CT molecular complexity index is 1850. The number of anilines is 2. The van der Waals surface area contributed by atoms with E-state index in [1.165, 1.54) is 16.4 Å². The Hall–Kier alpha value is -4.40. The van der Waals surface area contributed by atoms with E-state index >= 15 is 0 Å². The van der Waals surface area contributed by atoms with Gasteiger partial charge < -0.3 is 29.2 Å². The zero-order valence-electron chi connectivity index (χ0n) is 26.7. The second-order valence-electron chi connectivity index (χ2n) is 10.9. The molecule has 0 unspecified atom stereocenters. The SMILES string of the molecule is COc1ccc(-c2nn(-c3ccccc3)cc2/C=C/C(=O)Nc2cc(S(=O)(=O)N3CCOCC3)ccc2N2CCOCC2)cc1OC.Cl. The summed E-state index contributed by atoms with van der Waals surface area (Å²) in [4.78, 5) is 15.7. The third kappa shape index (κ3) is 7.66. The molecule has 2 fully saturated rings. The zero-order valence-corrected chi connectivity index (χ0v) is 28.3. The fourth-order valence-corrected chi connectivity index (χ4v) is 7.00. The van der Waals surface area contributed by atoms with Crippen molar-refractivity contribution in [3.8, 4) is 28.4 Å². The average molecular weight is 696 g/mol. The molecule has 2 aliphatic rings. The van der Waals surface area contributed by atoms with E-state index in [4.69, 9.17) is 24.0 Å². The Kier molecular flexibility index (Phi) is 11.4. The molecule has 254 valence electrons. The van der Waals surface area contributed by atoms with Crippen LogP contribution in [-0.2, 0) is 24.3 Å². The second kappa shape index (κ2) is 15.7. The lowest BCUT2D eigenvalue weighted by molar-refractivity contribution is -0.111.